The van der Waals surface area contributed by atoms with E-state index in [2.05, 4.69) is 4.90 Å². The monoisotopic (exact) mass is 442 g/mol. The van der Waals surface area contributed by atoms with Crippen LogP contribution in [0.4, 0.5) is 18.9 Å². The highest BCUT2D eigenvalue weighted by Crippen LogP contribution is 2.32. The maximum atomic E-state index is 12.9. The number of halogens is 4. The van der Waals surface area contributed by atoms with E-state index in [9.17, 15) is 18.3 Å². The molecule has 0 saturated carbocycles. The van der Waals surface area contributed by atoms with Gasteiger partial charge in [-0.25, -0.2) is 0 Å². The van der Waals surface area contributed by atoms with E-state index in [1.807, 2.05) is 30.9 Å². The Hall–Kier alpha value is -1.96. The summed E-state index contributed by atoms with van der Waals surface area (Å²) in [6.07, 6.45) is -5.01. The number of rotatable bonds is 6. The lowest BCUT2D eigenvalue weighted by Crippen LogP contribution is -2.49. The van der Waals surface area contributed by atoms with E-state index < -0.39 is 17.8 Å². The molecule has 2 aromatic rings. The van der Waals surface area contributed by atoms with Crippen molar-refractivity contribution in [2.24, 2.45) is 0 Å². The van der Waals surface area contributed by atoms with Crippen LogP contribution in [-0.4, -0.2) is 55.4 Å². The molecule has 0 aliphatic carbocycles. The topological polar surface area (TPSA) is 35.9 Å². The van der Waals surface area contributed by atoms with Crippen molar-refractivity contribution in [1.82, 2.24) is 4.90 Å². The highest BCUT2D eigenvalue weighted by molar-refractivity contribution is 6.32. The third-order valence-electron chi connectivity index (χ3n) is 5.23. The number of ether oxygens (including phenoxy) is 1. The van der Waals surface area contributed by atoms with Crippen molar-refractivity contribution >= 4 is 17.3 Å². The number of aliphatic hydroxyl groups excluding tert-OH is 1. The Bertz CT molecular complexity index is 845. The van der Waals surface area contributed by atoms with Crippen LogP contribution in [0.25, 0.3) is 0 Å². The van der Waals surface area contributed by atoms with Gasteiger partial charge in [0.25, 0.3) is 0 Å². The fourth-order valence-corrected chi connectivity index (χ4v) is 3.71. The van der Waals surface area contributed by atoms with Gasteiger partial charge in [0, 0.05) is 43.4 Å². The predicted molar refractivity (Wildman–Crippen MR) is 113 cm³/mol. The van der Waals surface area contributed by atoms with E-state index in [-0.39, 0.29) is 6.61 Å². The standard InChI is InChI=1S/C22H26ClF3N2O2/c1-15-10-20(11-16(2)21(15)23)30-14-19(29)13-27-6-8-28(9-7-27)18-5-3-4-17(12-18)22(24,25)26/h3-5,10-12,19,29H,6-9,13-14H2,1-2H3. The molecule has 1 fully saturated rings. The Morgan fingerprint density at radius 3 is 2.30 bits per heavy atom. The molecule has 1 aliphatic rings. The number of benzene rings is 2. The smallest absolute Gasteiger partial charge is 0.416 e. The molecule has 3 rings (SSSR count). The van der Waals surface area contributed by atoms with E-state index in [4.69, 9.17) is 16.3 Å². The highest BCUT2D eigenvalue weighted by Gasteiger charge is 2.31. The maximum absolute atomic E-state index is 12.9. The first-order valence-electron chi connectivity index (χ1n) is 9.85. The lowest BCUT2D eigenvalue weighted by Gasteiger charge is -2.37. The zero-order valence-electron chi connectivity index (χ0n) is 17.0. The van der Waals surface area contributed by atoms with Gasteiger partial charge in [-0.3, -0.25) is 4.90 Å². The molecule has 0 spiro atoms. The van der Waals surface area contributed by atoms with Crippen LogP contribution in [0, 0.1) is 13.8 Å². The first kappa shape index (κ1) is 22.7. The van der Waals surface area contributed by atoms with Gasteiger partial charge in [-0.15, -0.1) is 0 Å². The van der Waals surface area contributed by atoms with E-state index in [0.717, 1.165) is 17.2 Å². The normalized spacial score (nSPS) is 16.6. The SMILES string of the molecule is Cc1cc(OCC(O)CN2CCN(c3cccc(C(F)(F)F)c3)CC2)cc(C)c1Cl. The number of β-amino-alcohol motifs (C(OH)–C–C–N with tert-alkyl or cyclic N) is 1. The van der Waals surface area contributed by atoms with Crippen LogP contribution < -0.4 is 9.64 Å². The zero-order valence-corrected chi connectivity index (χ0v) is 17.8. The molecule has 0 radical (unpaired) electrons. The molecule has 0 aromatic heterocycles. The molecule has 1 heterocycles. The summed E-state index contributed by atoms with van der Waals surface area (Å²) in [5, 5.41) is 11.0. The number of aliphatic hydroxyl groups is 1. The van der Waals surface area contributed by atoms with Gasteiger partial charge in [0.1, 0.15) is 18.5 Å². The van der Waals surface area contributed by atoms with Crippen molar-refractivity contribution in [3.8, 4) is 5.75 Å². The average Bonchev–Trinajstić information content (AvgIpc) is 2.70. The second-order valence-electron chi connectivity index (χ2n) is 7.67. The second kappa shape index (κ2) is 9.45. The van der Waals surface area contributed by atoms with Crippen molar-refractivity contribution in [3.63, 3.8) is 0 Å². The zero-order chi connectivity index (χ0) is 21.9. The van der Waals surface area contributed by atoms with Gasteiger partial charge in [-0.2, -0.15) is 13.2 Å². The van der Waals surface area contributed by atoms with E-state index >= 15 is 0 Å². The van der Waals surface area contributed by atoms with Crippen molar-refractivity contribution in [3.05, 3.63) is 58.1 Å². The minimum atomic E-state index is -4.34. The minimum Gasteiger partial charge on any atom is -0.491 e. The third-order valence-corrected chi connectivity index (χ3v) is 5.83. The molecule has 1 unspecified atom stereocenters. The highest BCUT2D eigenvalue weighted by atomic mass is 35.5. The van der Waals surface area contributed by atoms with Gasteiger partial charge < -0.3 is 14.7 Å². The van der Waals surface area contributed by atoms with Crippen molar-refractivity contribution in [2.75, 3.05) is 44.2 Å². The number of aryl methyl sites for hydroxylation is 2. The minimum absolute atomic E-state index is 0.161. The fourth-order valence-electron chi connectivity index (χ4n) is 3.60. The number of hydrogen-bond donors (Lipinski definition) is 1. The van der Waals surface area contributed by atoms with Gasteiger partial charge in [0.15, 0.2) is 0 Å². The third kappa shape index (κ3) is 5.80. The van der Waals surface area contributed by atoms with E-state index in [1.165, 1.54) is 12.1 Å². The first-order chi connectivity index (χ1) is 14.1. The molecule has 4 nitrogen and oxygen atoms in total. The number of piperazine rings is 1. The fraction of sp³-hybridized carbons (Fsp3) is 0.455. The Balaban J connectivity index is 1.48. The van der Waals surface area contributed by atoms with Crippen molar-refractivity contribution in [1.29, 1.82) is 0 Å². The lowest BCUT2D eigenvalue weighted by molar-refractivity contribution is -0.137. The van der Waals surface area contributed by atoms with Crippen LogP contribution >= 0.6 is 11.6 Å². The van der Waals surface area contributed by atoms with Crippen molar-refractivity contribution in [2.45, 2.75) is 26.1 Å². The maximum Gasteiger partial charge on any atom is 0.416 e. The first-order valence-corrected chi connectivity index (χ1v) is 10.2. The van der Waals surface area contributed by atoms with Crippen molar-refractivity contribution < 1.29 is 23.0 Å². The summed E-state index contributed by atoms with van der Waals surface area (Å²) >= 11 is 6.16. The Kier molecular flexibility index (Phi) is 7.16. The van der Waals surface area contributed by atoms with Gasteiger partial charge >= 0.3 is 6.18 Å². The molecule has 164 valence electrons. The van der Waals surface area contributed by atoms with Crippen LogP contribution in [0.15, 0.2) is 36.4 Å². The number of anilines is 1. The molecule has 1 atom stereocenters. The molecular formula is C22H26ClF3N2O2. The summed E-state index contributed by atoms with van der Waals surface area (Å²) in [7, 11) is 0. The van der Waals surface area contributed by atoms with Crippen LogP contribution in [0.3, 0.4) is 0 Å². The molecule has 30 heavy (non-hydrogen) atoms. The Morgan fingerprint density at radius 2 is 1.70 bits per heavy atom. The quantitative estimate of drug-likeness (QED) is 0.712. The van der Waals surface area contributed by atoms with Crippen LogP contribution in [0.1, 0.15) is 16.7 Å². The van der Waals surface area contributed by atoms with Crippen LogP contribution in [0.2, 0.25) is 5.02 Å². The number of alkyl halides is 3. The van der Waals surface area contributed by atoms with E-state index in [1.54, 1.807) is 6.07 Å². The average molecular weight is 443 g/mol. The summed E-state index contributed by atoms with van der Waals surface area (Å²) in [5.74, 6) is 0.669. The lowest BCUT2D eigenvalue weighted by atomic mass is 10.1. The summed E-state index contributed by atoms with van der Waals surface area (Å²) in [5.41, 5.74) is 1.78. The van der Waals surface area contributed by atoms with Gasteiger partial charge in [0.2, 0.25) is 0 Å². The molecular weight excluding hydrogens is 417 g/mol. The van der Waals surface area contributed by atoms with E-state index in [0.29, 0.717) is 49.2 Å². The molecule has 1 saturated heterocycles. The second-order valence-corrected chi connectivity index (χ2v) is 8.05. The molecule has 1 aliphatic heterocycles. The van der Waals surface area contributed by atoms with Crippen LogP contribution in [-0.2, 0) is 6.18 Å². The molecule has 1 N–H and O–H groups in total. The number of nitrogens with zero attached hydrogens (tertiary/aromatic N) is 2. The van der Waals surface area contributed by atoms with Gasteiger partial charge in [0.05, 0.1) is 5.56 Å². The molecule has 0 amide bonds. The molecule has 8 heteroatoms. The molecule has 2 aromatic carbocycles. The Labute approximate surface area is 179 Å². The van der Waals surface area contributed by atoms with Crippen LogP contribution in [0.5, 0.6) is 5.75 Å². The van der Waals surface area contributed by atoms with Gasteiger partial charge in [-0.05, 0) is 55.3 Å². The predicted octanol–water partition coefficient (Wildman–Crippen LogP) is 4.54. The van der Waals surface area contributed by atoms with Gasteiger partial charge in [-0.1, -0.05) is 17.7 Å². The Morgan fingerprint density at radius 1 is 1.07 bits per heavy atom. The summed E-state index contributed by atoms with van der Waals surface area (Å²) in [6, 6.07) is 9.09. The molecule has 0 bridgehead atoms. The largest absolute Gasteiger partial charge is 0.491 e. The summed E-state index contributed by atoms with van der Waals surface area (Å²) < 4.78 is 44.5. The number of hydrogen-bond acceptors (Lipinski definition) is 4. The summed E-state index contributed by atoms with van der Waals surface area (Å²) in [6.45, 7) is 6.94. The summed E-state index contributed by atoms with van der Waals surface area (Å²) in [4.78, 5) is 4.03.